The maximum Gasteiger partial charge on any atom is 0.233 e. The second-order valence-corrected chi connectivity index (χ2v) is 7.34. The van der Waals surface area contributed by atoms with E-state index >= 15 is 0 Å². The minimum atomic E-state index is 0.0944. The Balaban J connectivity index is 1.29. The van der Waals surface area contributed by atoms with Crippen molar-refractivity contribution in [1.82, 2.24) is 20.2 Å². The molecule has 152 valence electrons. The molecule has 1 fully saturated rings. The van der Waals surface area contributed by atoms with Crippen LogP contribution >= 0.6 is 0 Å². The number of hydrogen-bond donors (Lipinski definition) is 0. The molecule has 3 aromatic rings. The summed E-state index contributed by atoms with van der Waals surface area (Å²) >= 11 is 0. The molecule has 1 amide bonds. The number of aromatic nitrogens is 3. The van der Waals surface area contributed by atoms with E-state index in [1.54, 1.807) is 7.11 Å². The summed E-state index contributed by atoms with van der Waals surface area (Å²) in [4.78, 5) is 18.8. The Morgan fingerprint density at radius 2 is 2.00 bits per heavy atom. The zero-order chi connectivity index (χ0) is 20.4. The first-order valence-corrected chi connectivity index (χ1v) is 9.69. The molecule has 0 N–H and O–H groups in total. The van der Waals surface area contributed by atoms with E-state index in [9.17, 15) is 4.79 Å². The highest BCUT2D eigenvalue weighted by molar-refractivity contribution is 5.77. The van der Waals surface area contributed by atoms with Crippen molar-refractivity contribution in [2.45, 2.75) is 39.0 Å². The maximum absolute atomic E-state index is 12.4. The summed E-state index contributed by atoms with van der Waals surface area (Å²) in [6.45, 7) is 4.99. The normalized spacial score (nSPS) is 14.1. The number of nitrogens with zero attached hydrogens (tertiary/aromatic N) is 4. The van der Waals surface area contributed by atoms with Crippen LogP contribution in [0.25, 0.3) is 0 Å². The molecule has 0 aliphatic carbocycles. The number of benzene rings is 1. The summed E-state index contributed by atoms with van der Waals surface area (Å²) in [5.41, 5.74) is 2.88. The molecule has 0 spiro atoms. The molecule has 0 bridgehead atoms. The Morgan fingerprint density at radius 3 is 2.72 bits per heavy atom. The molecule has 1 saturated heterocycles. The lowest BCUT2D eigenvalue weighted by molar-refractivity contribution is -0.135. The van der Waals surface area contributed by atoms with Crippen LogP contribution in [0.2, 0.25) is 0 Å². The fraction of sp³-hybridized carbons (Fsp3) is 0.429. The summed E-state index contributed by atoms with van der Waals surface area (Å²) in [7, 11) is 1.64. The summed E-state index contributed by atoms with van der Waals surface area (Å²) in [6.07, 6.45) is 1.63. The average molecular weight is 396 g/mol. The number of carbonyl (C=O) groups excluding carboxylic acids is 1. The van der Waals surface area contributed by atoms with Crippen LogP contribution in [0.3, 0.4) is 0 Å². The number of hydrogen-bond acceptors (Lipinski definition) is 7. The van der Waals surface area contributed by atoms with Gasteiger partial charge in [0.1, 0.15) is 11.5 Å². The van der Waals surface area contributed by atoms with Crippen LogP contribution in [-0.2, 0) is 17.6 Å². The Bertz CT molecular complexity index is 984. The second kappa shape index (κ2) is 8.06. The largest absolute Gasteiger partial charge is 0.496 e. The standard InChI is InChI=1S/C21H24N4O4/c1-13-17(14(2)28-23-13)8-9-20(26)25-11-16(12-25)21-22-19(24-29-21)10-15-6-4-5-7-18(15)27-3/h4-7,16H,8-12H2,1-3H3. The van der Waals surface area contributed by atoms with Crippen molar-refractivity contribution >= 4 is 5.91 Å². The Kier molecular flexibility index (Phi) is 5.33. The fourth-order valence-electron chi connectivity index (χ4n) is 3.61. The zero-order valence-electron chi connectivity index (χ0n) is 16.8. The Morgan fingerprint density at radius 1 is 1.21 bits per heavy atom. The quantitative estimate of drug-likeness (QED) is 0.606. The monoisotopic (exact) mass is 396 g/mol. The predicted octanol–water partition coefficient (Wildman–Crippen LogP) is 2.83. The molecule has 0 radical (unpaired) electrons. The van der Waals surface area contributed by atoms with Crippen LogP contribution in [0.4, 0.5) is 0 Å². The van der Waals surface area contributed by atoms with Crippen molar-refractivity contribution in [3.8, 4) is 5.75 Å². The number of ether oxygens (including phenoxy) is 1. The van der Waals surface area contributed by atoms with Crippen molar-refractivity contribution in [2.75, 3.05) is 20.2 Å². The van der Waals surface area contributed by atoms with Gasteiger partial charge in [0.05, 0.1) is 18.7 Å². The van der Waals surface area contributed by atoms with Gasteiger partial charge in [-0.1, -0.05) is 28.5 Å². The molecule has 0 unspecified atom stereocenters. The number of carbonyl (C=O) groups is 1. The number of aryl methyl sites for hydroxylation is 2. The van der Waals surface area contributed by atoms with E-state index in [0.29, 0.717) is 44.1 Å². The lowest BCUT2D eigenvalue weighted by Crippen LogP contribution is -2.48. The SMILES string of the molecule is COc1ccccc1Cc1noc(C2CN(C(=O)CCc3c(C)noc3C)C2)n1. The van der Waals surface area contributed by atoms with Crippen molar-refractivity contribution in [3.63, 3.8) is 0 Å². The van der Waals surface area contributed by atoms with Gasteiger partial charge in [0.25, 0.3) is 0 Å². The maximum atomic E-state index is 12.4. The van der Waals surface area contributed by atoms with E-state index < -0.39 is 0 Å². The summed E-state index contributed by atoms with van der Waals surface area (Å²) < 4.78 is 16.0. The first kappa shape index (κ1) is 19.2. The van der Waals surface area contributed by atoms with Gasteiger partial charge in [-0.05, 0) is 26.3 Å². The molecule has 0 atom stereocenters. The first-order valence-electron chi connectivity index (χ1n) is 9.69. The summed E-state index contributed by atoms with van der Waals surface area (Å²) in [6, 6.07) is 7.78. The highest BCUT2D eigenvalue weighted by Gasteiger charge is 2.35. The molecular formula is C21H24N4O4. The van der Waals surface area contributed by atoms with Crippen LogP contribution in [-0.4, -0.2) is 46.3 Å². The van der Waals surface area contributed by atoms with Gasteiger partial charge in [-0.3, -0.25) is 4.79 Å². The highest BCUT2D eigenvalue weighted by Crippen LogP contribution is 2.28. The molecular weight excluding hydrogens is 372 g/mol. The highest BCUT2D eigenvalue weighted by atomic mass is 16.5. The molecule has 8 heteroatoms. The number of rotatable bonds is 7. The lowest BCUT2D eigenvalue weighted by Gasteiger charge is -2.37. The molecule has 2 aromatic heterocycles. The molecule has 8 nitrogen and oxygen atoms in total. The Labute approximate surface area is 168 Å². The van der Waals surface area contributed by atoms with E-state index in [4.69, 9.17) is 13.8 Å². The van der Waals surface area contributed by atoms with E-state index in [2.05, 4.69) is 15.3 Å². The molecule has 4 rings (SSSR count). The van der Waals surface area contributed by atoms with Gasteiger partial charge in [-0.2, -0.15) is 4.98 Å². The van der Waals surface area contributed by atoms with Gasteiger partial charge in [-0.25, -0.2) is 0 Å². The molecule has 3 heterocycles. The average Bonchev–Trinajstić information content (AvgIpc) is 3.26. The smallest absolute Gasteiger partial charge is 0.233 e. The van der Waals surface area contributed by atoms with E-state index in [1.807, 2.05) is 43.0 Å². The van der Waals surface area contributed by atoms with Crippen molar-refractivity contribution in [3.05, 3.63) is 58.6 Å². The fourth-order valence-corrected chi connectivity index (χ4v) is 3.61. The van der Waals surface area contributed by atoms with E-state index in [0.717, 1.165) is 28.3 Å². The summed E-state index contributed by atoms with van der Waals surface area (Å²) in [5, 5.41) is 8.02. The summed E-state index contributed by atoms with van der Waals surface area (Å²) in [5.74, 6) is 3.01. The number of para-hydroxylation sites is 1. The van der Waals surface area contributed by atoms with Crippen molar-refractivity contribution in [1.29, 1.82) is 0 Å². The van der Waals surface area contributed by atoms with Gasteiger partial charge in [0, 0.05) is 37.1 Å². The lowest BCUT2D eigenvalue weighted by atomic mass is 9.98. The third-order valence-electron chi connectivity index (χ3n) is 5.38. The molecule has 1 aliphatic rings. The number of methoxy groups -OCH3 is 1. The first-order chi connectivity index (χ1) is 14.0. The Hall–Kier alpha value is -3.16. The number of likely N-dealkylation sites (tertiary alicyclic amines) is 1. The third-order valence-corrected chi connectivity index (χ3v) is 5.38. The van der Waals surface area contributed by atoms with Gasteiger partial charge in [0.2, 0.25) is 11.8 Å². The van der Waals surface area contributed by atoms with Gasteiger partial charge >= 0.3 is 0 Å². The predicted molar refractivity (Wildman–Crippen MR) is 104 cm³/mol. The molecule has 1 aliphatic heterocycles. The van der Waals surface area contributed by atoms with Crippen LogP contribution < -0.4 is 4.74 Å². The zero-order valence-corrected chi connectivity index (χ0v) is 16.8. The van der Waals surface area contributed by atoms with Crippen LogP contribution in [0.15, 0.2) is 33.3 Å². The minimum absolute atomic E-state index is 0.0944. The molecule has 29 heavy (non-hydrogen) atoms. The van der Waals surface area contributed by atoms with E-state index in [1.165, 1.54) is 0 Å². The van der Waals surface area contributed by atoms with Gasteiger partial charge in [0.15, 0.2) is 5.82 Å². The second-order valence-electron chi connectivity index (χ2n) is 7.34. The van der Waals surface area contributed by atoms with Crippen LogP contribution in [0.5, 0.6) is 5.75 Å². The third kappa shape index (κ3) is 4.01. The molecule has 0 saturated carbocycles. The topological polar surface area (TPSA) is 94.5 Å². The van der Waals surface area contributed by atoms with Gasteiger partial charge < -0.3 is 18.7 Å². The minimum Gasteiger partial charge on any atom is -0.496 e. The van der Waals surface area contributed by atoms with Crippen molar-refractivity contribution < 1.29 is 18.6 Å². The van der Waals surface area contributed by atoms with Gasteiger partial charge in [-0.15, -0.1) is 0 Å². The van der Waals surface area contributed by atoms with Crippen molar-refractivity contribution in [2.24, 2.45) is 0 Å². The molecule has 1 aromatic carbocycles. The number of amides is 1. The van der Waals surface area contributed by atoms with Crippen LogP contribution in [0.1, 0.15) is 46.6 Å². The van der Waals surface area contributed by atoms with E-state index in [-0.39, 0.29) is 11.8 Å². The van der Waals surface area contributed by atoms with Crippen LogP contribution in [0, 0.1) is 13.8 Å².